The van der Waals surface area contributed by atoms with E-state index in [0.29, 0.717) is 11.1 Å². The summed E-state index contributed by atoms with van der Waals surface area (Å²) in [5.74, 6) is -0.953. The van der Waals surface area contributed by atoms with Crippen LogP contribution in [0.15, 0.2) is 54.6 Å². The third kappa shape index (κ3) is 2.42. The Morgan fingerprint density at radius 2 is 1.41 bits per heavy atom. The van der Waals surface area contributed by atoms with E-state index in [0.717, 1.165) is 10.5 Å². The van der Waals surface area contributed by atoms with Gasteiger partial charge in [-0.1, -0.05) is 42.5 Å². The molecule has 110 valence electrons. The van der Waals surface area contributed by atoms with E-state index in [4.69, 9.17) is 11.6 Å². The molecule has 0 aliphatic carbocycles. The van der Waals surface area contributed by atoms with Gasteiger partial charge in [0.1, 0.15) is 6.04 Å². The van der Waals surface area contributed by atoms with Crippen LogP contribution in [0.25, 0.3) is 0 Å². The number of halogens is 1. The predicted molar refractivity (Wildman–Crippen MR) is 81.7 cm³/mol. The van der Waals surface area contributed by atoms with Crippen molar-refractivity contribution in [3.8, 4) is 0 Å². The van der Waals surface area contributed by atoms with Gasteiger partial charge in [0.15, 0.2) is 0 Å². The molecule has 22 heavy (non-hydrogen) atoms. The molecular weight excluding hydrogens is 302 g/mol. The monoisotopic (exact) mass is 313 g/mol. The Morgan fingerprint density at radius 1 is 0.909 bits per heavy atom. The summed E-state index contributed by atoms with van der Waals surface area (Å²) in [5, 5.41) is -0.724. The normalized spacial score (nSPS) is 14.9. The first-order valence-corrected chi connectivity index (χ1v) is 7.17. The average Bonchev–Trinajstić information content (AvgIpc) is 2.78. The number of nitrogens with zero attached hydrogens (tertiary/aromatic N) is 1. The smallest absolute Gasteiger partial charge is 0.262 e. The summed E-state index contributed by atoms with van der Waals surface area (Å²) in [4.78, 5) is 37.6. The lowest BCUT2D eigenvalue weighted by Crippen LogP contribution is -2.44. The molecule has 4 nitrogen and oxygen atoms in total. The summed E-state index contributed by atoms with van der Waals surface area (Å²) in [6, 6.07) is 14.7. The molecule has 2 aromatic carbocycles. The van der Waals surface area contributed by atoms with Gasteiger partial charge in [-0.2, -0.15) is 0 Å². The first-order chi connectivity index (χ1) is 10.6. The second kappa shape index (κ2) is 5.73. The van der Waals surface area contributed by atoms with Crippen molar-refractivity contribution in [1.82, 2.24) is 4.90 Å². The SMILES string of the molecule is O=C(Cl)[C@@H](Cc1ccccc1)N1C(=O)c2ccccc2C1=O. The van der Waals surface area contributed by atoms with Crippen molar-refractivity contribution in [1.29, 1.82) is 0 Å². The van der Waals surface area contributed by atoms with Gasteiger partial charge in [-0.25, -0.2) is 0 Å². The van der Waals surface area contributed by atoms with Crippen molar-refractivity contribution in [2.45, 2.75) is 12.5 Å². The lowest BCUT2D eigenvalue weighted by Gasteiger charge is -2.23. The van der Waals surface area contributed by atoms with E-state index in [1.165, 1.54) is 0 Å². The fraction of sp³-hybridized carbons (Fsp3) is 0.118. The summed E-state index contributed by atoms with van der Waals surface area (Å²) < 4.78 is 0. The molecule has 0 bridgehead atoms. The molecule has 0 radical (unpaired) electrons. The highest BCUT2D eigenvalue weighted by Gasteiger charge is 2.42. The molecule has 3 rings (SSSR count). The zero-order valence-corrected chi connectivity index (χ0v) is 12.3. The van der Waals surface area contributed by atoms with Crippen molar-refractivity contribution in [3.05, 3.63) is 71.3 Å². The lowest BCUT2D eigenvalue weighted by atomic mass is 10.1. The number of hydrogen-bond acceptors (Lipinski definition) is 3. The van der Waals surface area contributed by atoms with E-state index in [-0.39, 0.29) is 6.42 Å². The van der Waals surface area contributed by atoms with Gasteiger partial charge in [0, 0.05) is 6.42 Å². The molecule has 2 amide bonds. The maximum absolute atomic E-state index is 12.4. The van der Waals surface area contributed by atoms with E-state index in [2.05, 4.69) is 0 Å². The number of benzene rings is 2. The topological polar surface area (TPSA) is 54.5 Å². The molecule has 1 atom stereocenters. The Balaban J connectivity index is 1.95. The number of hydrogen-bond donors (Lipinski definition) is 0. The van der Waals surface area contributed by atoms with Gasteiger partial charge >= 0.3 is 0 Å². The highest BCUT2D eigenvalue weighted by molar-refractivity contribution is 6.65. The second-order valence-corrected chi connectivity index (χ2v) is 5.41. The minimum atomic E-state index is -1.00. The molecule has 0 saturated carbocycles. The number of imide groups is 1. The molecule has 0 fully saturated rings. The van der Waals surface area contributed by atoms with E-state index >= 15 is 0 Å². The maximum atomic E-state index is 12.4. The molecular formula is C17H12ClNO3. The Labute approximate surface area is 132 Å². The van der Waals surface area contributed by atoms with Gasteiger partial charge in [-0.3, -0.25) is 19.3 Å². The van der Waals surface area contributed by atoms with Crippen LogP contribution < -0.4 is 0 Å². The third-order valence-electron chi connectivity index (χ3n) is 3.67. The fourth-order valence-corrected chi connectivity index (χ4v) is 2.78. The molecule has 5 heteroatoms. The Morgan fingerprint density at radius 3 is 1.91 bits per heavy atom. The zero-order valence-electron chi connectivity index (χ0n) is 11.5. The van der Waals surface area contributed by atoms with E-state index < -0.39 is 23.1 Å². The van der Waals surface area contributed by atoms with Crippen LogP contribution in [0.5, 0.6) is 0 Å². The molecule has 0 saturated heterocycles. The highest BCUT2D eigenvalue weighted by atomic mass is 35.5. The second-order valence-electron chi connectivity index (χ2n) is 5.04. The number of rotatable bonds is 4. The van der Waals surface area contributed by atoms with Crippen LogP contribution in [0.3, 0.4) is 0 Å². The van der Waals surface area contributed by atoms with Crippen molar-refractivity contribution < 1.29 is 14.4 Å². The third-order valence-corrected chi connectivity index (χ3v) is 3.92. The first kappa shape index (κ1) is 14.5. The Kier molecular flexibility index (Phi) is 3.77. The van der Waals surface area contributed by atoms with Crippen LogP contribution in [-0.4, -0.2) is 28.0 Å². The summed E-state index contributed by atoms with van der Waals surface area (Å²) in [6.45, 7) is 0. The van der Waals surface area contributed by atoms with Crippen molar-refractivity contribution >= 4 is 28.7 Å². The summed E-state index contributed by atoms with van der Waals surface area (Å²) in [7, 11) is 0. The number of carbonyl (C=O) groups is 3. The quantitative estimate of drug-likeness (QED) is 0.644. The minimum Gasteiger partial charge on any atom is -0.279 e. The van der Waals surface area contributed by atoms with E-state index in [9.17, 15) is 14.4 Å². The van der Waals surface area contributed by atoms with Gasteiger partial charge in [-0.05, 0) is 29.3 Å². The van der Waals surface area contributed by atoms with Crippen LogP contribution in [0, 0.1) is 0 Å². The van der Waals surface area contributed by atoms with Crippen molar-refractivity contribution in [2.24, 2.45) is 0 Å². The summed E-state index contributed by atoms with van der Waals surface area (Å²) in [6.07, 6.45) is 0.203. The zero-order chi connectivity index (χ0) is 15.7. The van der Waals surface area contributed by atoms with Gasteiger partial charge in [0.25, 0.3) is 11.8 Å². The minimum absolute atomic E-state index is 0.203. The van der Waals surface area contributed by atoms with E-state index in [1.807, 2.05) is 30.3 Å². The molecule has 0 N–H and O–H groups in total. The van der Waals surface area contributed by atoms with E-state index in [1.54, 1.807) is 24.3 Å². The van der Waals surface area contributed by atoms with Crippen molar-refractivity contribution in [2.75, 3.05) is 0 Å². The molecule has 1 aliphatic heterocycles. The predicted octanol–water partition coefficient (Wildman–Crippen LogP) is 2.66. The molecule has 2 aromatic rings. The molecule has 1 aliphatic rings. The number of carbonyl (C=O) groups excluding carboxylic acids is 3. The van der Waals surface area contributed by atoms with Crippen molar-refractivity contribution in [3.63, 3.8) is 0 Å². The van der Waals surface area contributed by atoms with Crippen LogP contribution in [0.1, 0.15) is 26.3 Å². The number of fused-ring (bicyclic) bond motifs is 1. The van der Waals surface area contributed by atoms with Crippen LogP contribution in [0.2, 0.25) is 0 Å². The summed E-state index contributed by atoms with van der Waals surface area (Å²) >= 11 is 5.66. The molecule has 0 aromatic heterocycles. The van der Waals surface area contributed by atoms with Crippen LogP contribution in [-0.2, 0) is 11.2 Å². The molecule has 0 unspecified atom stereocenters. The van der Waals surface area contributed by atoms with Gasteiger partial charge in [0.05, 0.1) is 11.1 Å². The largest absolute Gasteiger partial charge is 0.279 e. The molecule has 0 spiro atoms. The standard InChI is InChI=1S/C17H12ClNO3/c18-15(20)14(10-11-6-2-1-3-7-11)19-16(21)12-8-4-5-9-13(12)17(19)22/h1-9,14H,10H2/t14-/m1/s1. The Hall–Kier alpha value is -2.46. The van der Waals surface area contributed by atoms with Gasteiger partial charge in [-0.15, -0.1) is 0 Å². The average molecular weight is 314 g/mol. The van der Waals surface area contributed by atoms with Gasteiger partial charge < -0.3 is 0 Å². The van der Waals surface area contributed by atoms with Gasteiger partial charge in [0.2, 0.25) is 5.24 Å². The lowest BCUT2D eigenvalue weighted by molar-refractivity contribution is -0.115. The number of amides is 2. The van der Waals surface area contributed by atoms with Crippen LogP contribution >= 0.6 is 11.6 Å². The Bertz CT molecular complexity index is 723. The first-order valence-electron chi connectivity index (χ1n) is 6.80. The maximum Gasteiger partial charge on any atom is 0.262 e. The van der Waals surface area contributed by atoms with Crippen LogP contribution in [0.4, 0.5) is 0 Å². The summed E-state index contributed by atoms with van der Waals surface area (Å²) in [5.41, 5.74) is 1.45. The highest BCUT2D eigenvalue weighted by Crippen LogP contribution is 2.26. The fourth-order valence-electron chi connectivity index (χ4n) is 2.60. The molecule has 1 heterocycles.